The van der Waals surface area contributed by atoms with Gasteiger partial charge < -0.3 is 0 Å². The van der Waals surface area contributed by atoms with Gasteiger partial charge in [0.1, 0.15) is 5.69 Å². The summed E-state index contributed by atoms with van der Waals surface area (Å²) in [5.74, 6) is 0. The predicted molar refractivity (Wildman–Crippen MR) is 81.1 cm³/mol. The van der Waals surface area contributed by atoms with Crippen LogP contribution in [0.15, 0.2) is 64.5 Å². The van der Waals surface area contributed by atoms with Crippen molar-refractivity contribution >= 4 is 9.84 Å². The van der Waals surface area contributed by atoms with Crippen molar-refractivity contribution in [1.82, 2.24) is 15.0 Å². The van der Waals surface area contributed by atoms with E-state index in [0.29, 0.717) is 12.2 Å². The van der Waals surface area contributed by atoms with E-state index in [1.807, 2.05) is 24.3 Å². The first kappa shape index (κ1) is 13.2. The van der Waals surface area contributed by atoms with E-state index < -0.39 is 9.84 Å². The zero-order valence-electron chi connectivity index (χ0n) is 11.7. The first-order valence-corrected chi connectivity index (χ1v) is 8.48. The van der Waals surface area contributed by atoms with Crippen molar-refractivity contribution < 1.29 is 8.42 Å². The Bertz CT molecular complexity index is 947. The summed E-state index contributed by atoms with van der Waals surface area (Å²) in [5.41, 5.74) is 2.61. The molecule has 4 rings (SSSR count). The van der Waals surface area contributed by atoms with Gasteiger partial charge in [-0.1, -0.05) is 47.7 Å². The monoisotopic (exact) mass is 311 g/mol. The minimum atomic E-state index is -3.67. The molecule has 1 aliphatic rings. The molecule has 0 aliphatic carbocycles. The molecule has 0 fully saturated rings. The standard InChI is InChI=1S/C16H13N3O2S/c20-22(21,13-7-2-1-3-8-13)16-15-14-9-5-4-6-12(14)10-11-19(15)18-17-16/h1-9H,10-11H2. The van der Waals surface area contributed by atoms with Gasteiger partial charge in [-0.15, -0.1) is 5.10 Å². The number of aryl methyl sites for hydroxylation is 2. The van der Waals surface area contributed by atoms with Gasteiger partial charge in [-0.3, -0.25) is 0 Å². The summed E-state index contributed by atoms with van der Waals surface area (Å²) in [7, 11) is -3.67. The average Bonchev–Trinajstić information content (AvgIpc) is 3.01. The number of fused-ring (bicyclic) bond motifs is 3. The van der Waals surface area contributed by atoms with Crippen LogP contribution in [-0.2, 0) is 22.8 Å². The predicted octanol–water partition coefficient (Wildman–Crippen LogP) is 2.33. The number of hydrogen-bond donors (Lipinski definition) is 0. The van der Waals surface area contributed by atoms with E-state index in [4.69, 9.17) is 0 Å². The topological polar surface area (TPSA) is 64.8 Å². The van der Waals surface area contributed by atoms with E-state index in [0.717, 1.165) is 17.5 Å². The van der Waals surface area contributed by atoms with Crippen LogP contribution in [0.5, 0.6) is 0 Å². The summed E-state index contributed by atoms with van der Waals surface area (Å²) < 4.78 is 27.4. The lowest BCUT2D eigenvalue weighted by Crippen LogP contribution is -2.13. The average molecular weight is 311 g/mol. The Morgan fingerprint density at radius 3 is 2.50 bits per heavy atom. The van der Waals surface area contributed by atoms with E-state index in [9.17, 15) is 8.42 Å². The Balaban J connectivity index is 1.96. The second-order valence-electron chi connectivity index (χ2n) is 5.19. The minimum absolute atomic E-state index is 0.0332. The maximum Gasteiger partial charge on any atom is 0.227 e. The SMILES string of the molecule is O=S(=O)(c1ccccc1)c1nnn2c1-c1ccccc1CC2. The van der Waals surface area contributed by atoms with Crippen molar-refractivity contribution in [2.24, 2.45) is 0 Å². The molecule has 0 amide bonds. The van der Waals surface area contributed by atoms with Crippen molar-refractivity contribution in [1.29, 1.82) is 0 Å². The van der Waals surface area contributed by atoms with Crippen LogP contribution < -0.4 is 0 Å². The summed E-state index contributed by atoms with van der Waals surface area (Å²) in [6, 6.07) is 16.2. The second-order valence-corrected chi connectivity index (χ2v) is 7.05. The first-order chi connectivity index (χ1) is 10.7. The number of hydrogen-bond acceptors (Lipinski definition) is 4. The van der Waals surface area contributed by atoms with Crippen LogP contribution in [-0.4, -0.2) is 23.4 Å². The number of sulfone groups is 1. The van der Waals surface area contributed by atoms with Gasteiger partial charge >= 0.3 is 0 Å². The molecule has 0 bridgehead atoms. The third-order valence-corrected chi connectivity index (χ3v) is 5.55. The van der Waals surface area contributed by atoms with Gasteiger partial charge in [-0.2, -0.15) is 0 Å². The quantitative estimate of drug-likeness (QED) is 0.728. The largest absolute Gasteiger partial charge is 0.243 e. The molecule has 110 valence electrons. The summed E-state index contributed by atoms with van der Waals surface area (Å²) in [6.07, 6.45) is 0.831. The molecule has 0 unspecified atom stereocenters. The van der Waals surface area contributed by atoms with E-state index >= 15 is 0 Å². The first-order valence-electron chi connectivity index (χ1n) is 7.00. The molecule has 3 aromatic rings. The fraction of sp³-hybridized carbons (Fsp3) is 0.125. The van der Waals surface area contributed by atoms with Crippen LogP contribution in [0.3, 0.4) is 0 Å². The molecule has 0 radical (unpaired) electrons. The van der Waals surface area contributed by atoms with Gasteiger partial charge in [-0.05, 0) is 24.1 Å². The summed E-state index contributed by atoms with van der Waals surface area (Å²) >= 11 is 0. The lowest BCUT2D eigenvalue weighted by Gasteiger charge is -2.17. The lowest BCUT2D eigenvalue weighted by molar-refractivity contribution is 0.582. The van der Waals surface area contributed by atoms with Crippen molar-refractivity contribution in [3.8, 4) is 11.3 Å². The Hall–Kier alpha value is -2.47. The molecule has 1 aliphatic heterocycles. The molecule has 1 aromatic heterocycles. The van der Waals surface area contributed by atoms with Gasteiger partial charge in [0.25, 0.3) is 0 Å². The van der Waals surface area contributed by atoms with Crippen LogP contribution in [0.2, 0.25) is 0 Å². The number of aromatic nitrogens is 3. The maximum absolute atomic E-state index is 12.9. The fourth-order valence-corrected chi connectivity index (χ4v) is 4.15. The molecule has 2 aromatic carbocycles. The summed E-state index contributed by atoms with van der Waals surface area (Å²) in [4.78, 5) is 0.237. The zero-order chi connectivity index (χ0) is 15.2. The Morgan fingerprint density at radius 2 is 1.68 bits per heavy atom. The highest BCUT2D eigenvalue weighted by molar-refractivity contribution is 7.91. The van der Waals surface area contributed by atoms with Crippen molar-refractivity contribution in [2.45, 2.75) is 22.9 Å². The molecule has 2 heterocycles. The van der Waals surface area contributed by atoms with Crippen molar-refractivity contribution in [3.05, 3.63) is 60.2 Å². The minimum Gasteiger partial charge on any atom is -0.243 e. The second kappa shape index (κ2) is 4.78. The van der Waals surface area contributed by atoms with E-state index in [1.54, 1.807) is 35.0 Å². The number of nitrogens with zero attached hydrogens (tertiary/aromatic N) is 3. The molecule has 0 saturated heterocycles. The van der Waals surface area contributed by atoms with Crippen LogP contribution >= 0.6 is 0 Å². The van der Waals surface area contributed by atoms with Gasteiger partial charge in [0.2, 0.25) is 14.9 Å². The van der Waals surface area contributed by atoms with Gasteiger partial charge in [-0.25, -0.2) is 13.1 Å². The molecule has 0 atom stereocenters. The Kier molecular flexibility index (Phi) is 2.87. The van der Waals surface area contributed by atoms with Gasteiger partial charge in [0, 0.05) is 12.1 Å². The summed E-state index contributed by atoms with van der Waals surface area (Å²) in [5, 5.41) is 8.04. The zero-order valence-corrected chi connectivity index (χ0v) is 12.5. The molecule has 0 spiro atoms. The molecule has 5 nitrogen and oxygen atoms in total. The highest BCUT2D eigenvalue weighted by atomic mass is 32.2. The Morgan fingerprint density at radius 1 is 0.955 bits per heavy atom. The number of rotatable bonds is 2. The highest BCUT2D eigenvalue weighted by Gasteiger charge is 2.30. The van der Waals surface area contributed by atoms with Crippen LogP contribution in [0.25, 0.3) is 11.3 Å². The van der Waals surface area contributed by atoms with E-state index in [1.165, 1.54) is 0 Å². The highest BCUT2D eigenvalue weighted by Crippen LogP contribution is 2.34. The molecule has 22 heavy (non-hydrogen) atoms. The molecule has 0 saturated carbocycles. The van der Waals surface area contributed by atoms with Crippen molar-refractivity contribution in [2.75, 3.05) is 0 Å². The third-order valence-electron chi connectivity index (χ3n) is 3.88. The maximum atomic E-state index is 12.9. The smallest absolute Gasteiger partial charge is 0.227 e. The van der Waals surface area contributed by atoms with E-state index in [2.05, 4.69) is 10.3 Å². The van der Waals surface area contributed by atoms with Crippen LogP contribution in [0.4, 0.5) is 0 Å². The molecular formula is C16H13N3O2S. The van der Waals surface area contributed by atoms with Crippen LogP contribution in [0, 0.1) is 0 Å². The molecule has 0 N–H and O–H groups in total. The normalized spacial score (nSPS) is 13.5. The van der Waals surface area contributed by atoms with Crippen LogP contribution in [0.1, 0.15) is 5.56 Å². The lowest BCUT2D eigenvalue weighted by atomic mass is 9.99. The molecular weight excluding hydrogens is 298 g/mol. The van der Waals surface area contributed by atoms with E-state index in [-0.39, 0.29) is 9.92 Å². The fourth-order valence-electron chi connectivity index (χ4n) is 2.80. The van der Waals surface area contributed by atoms with Gasteiger partial charge in [0.05, 0.1) is 4.90 Å². The summed E-state index contributed by atoms with van der Waals surface area (Å²) in [6.45, 7) is 0.643. The van der Waals surface area contributed by atoms with Crippen molar-refractivity contribution in [3.63, 3.8) is 0 Å². The third kappa shape index (κ3) is 1.88. The van der Waals surface area contributed by atoms with Gasteiger partial charge in [0.15, 0.2) is 0 Å². The Labute approximate surface area is 128 Å². The number of benzene rings is 2. The molecule has 6 heteroatoms.